The summed E-state index contributed by atoms with van der Waals surface area (Å²) in [6.07, 6.45) is 0. The standard InChI is InChI=1S/C22H27N3O4/c1-28-19-5-2-16(3-6-19)13-25-15-18(14-24-8-10-29-11-9-24)20-7-4-17(12-21(20)25)22(26)23-27/h2-7,12,18,27H,8-11,13-15H2,1H3,(H,23,26). The Bertz CT molecular complexity index is 850. The molecule has 0 saturated carbocycles. The minimum absolute atomic E-state index is 0.368. The van der Waals surface area contributed by atoms with Crippen LogP contribution in [0.4, 0.5) is 5.69 Å². The molecule has 2 aliphatic rings. The molecule has 7 heteroatoms. The summed E-state index contributed by atoms with van der Waals surface area (Å²) in [6, 6.07) is 13.8. The first-order valence-electron chi connectivity index (χ1n) is 9.94. The number of amides is 1. The molecule has 0 bridgehead atoms. The number of hydrogen-bond acceptors (Lipinski definition) is 6. The van der Waals surface area contributed by atoms with Gasteiger partial charge in [-0.3, -0.25) is 14.9 Å². The second kappa shape index (κ2) is 8.82. The van der Waals surface area contributed by atoms with E-state index in [2.05, 4.69) is 21.9 Å². The molecular formula is C22H27N3O4. The van der Waals surface area contributed by atoms with Crippen molar-refractivity contribution in [3.05, 3.63) is 59.2 Å². The van der Waals surface area contributed by atoms with E-state index in [-0.39, 0.29) is 0 Å². The monoisotopic (exact) mass is 397 g/mol. The third kappa shape index (κ3) is 4.37. The van der Waals surface area contributed by atoms with Crippen LogP contribution >= 0.6 is 0 Å². The fourth-order valence-electron chi connectivity index (χ4n) is 4.18. The highest BCUT2D eigenvalue weighted by Crippen LogP contribution is 2.38. The van der Waals surface area contributed by atoms with Gasteiger partial charge in [0.1, 0.15) is 5.75 Å². The van der Waals surface area contributed by atoms with Crippen molar-refractivity contribution in [1.82, 2.24) is 10.4 Å². The molecule has 29 heavy (non-hydrogen) atoms. The van der Waals surface area contributed by atoms with Crippen molar-refractivity contribution >= 4 is 11.6 Å². The number of carbonyl (C=O) groups excluding carboxylic acids is 1. The lowest BCUT2D eigenvalue weighted by Crippen LogP contribution is -2.39. The summed E-state index contributed by atoms with van der Waals surface area (Å²) in [7, 11) is 1.66. The van der Waals surface area contributed by atoms with Crippen LogP contribution in [0.2, 0.25) is 0 Å². The molecule has 0 radical (unpaired) electrons. The molecule has 2 N–H and O–H groups in total. The average molecular weight is 397 g/mol. The van der Waals surface area contributed by atoms with Gasteiger partial charge in [-0.05, 0) is 35.4 Å². The van der Waals surface area contributed by atoms with E-state index in [1.807, 2.05) is 24.3 Å². The highest BCUT2D eigenvalue weighted by atomic mass is 16.5. The minimum Gasteiger partial charge on any atom is -0.497 e. The predicted octanol–water partition coefficient (Wildman–Crippen LogP) is 2.25. The Labute approximate surface area is 170 Å². The molecule has 2 aliphatic heterocycles. The summed E-state index contributed by atoms with van der Waals surface area (Å²) in [5.41, 5.74) is 5.68. The summed E-state index contributed by atoms with van der Waals surface area (Å²) in [5, 5.41) is 9.01. The fourth-order valence-corrected chi connectivity index (χ4v) is 4.18. The maximum absolute atomic E-state index is 11.9. The van der Waals surface area contributed by atoms with Gasteiger partial charge in [-0.25, -0.2) is 5.48 Å². The number of benzene rings is 2. The quantitative estimate of drug-likeness (QED) is 0.575. The summed E-state index contributed by atoms with van der Waals surface area (Å²) in [6.45, 7) is 6.09. The molecule has 1 amide bonds. The molecule has 0 spiro atoms. The van der Waals surface area contributed by atoms with E-state index in [1.54, 1.807) is 18.7 Å². The van der Waals surface area contributed by atoms with E-state index >= 15 is 0 Å². The molecule has 2 aromatic carbocycles. The van der Waals surface area contributed by atoms with Gasteiger partial charge in [0.2, 0.25) is 0 Å². The first kappa shape index (κ1) is 19.7. The van der Waals surface area contributed by atoms with Crippen LogP contribution in [-0.2, 0) is 11.3 Å². The topological polar surface area (TPSA) is 74.3 Å². The fraction of sp³-hybridized carbons (Fsp3) is 0.409. The number of methoxy groups -OCH3 is 1. The van der Waals surface area contributed by atoms with Gasteiger partial charge in [0.15, 0.2) is 0 Å². The van der Waals surface area contributed by atoms with Crippen LogP contribution in [-0.4, -0.2) is 62.5 Å². The molecule has 2 heterocycles. The molecular weight excluding hydrogens is 370 g/mol. The third-order valence-corrected chi connectivity index (χ3v) is 5.73. The van der Waals surface area contributed by atoms with Crippen molar-refractivity contribution in [2.24, 2.45) is 0 Å². The highest BCUT2D eigenvalue weighted by molar-refractivity contribution is 5.94. The van der Waals surface area contributed by atoms with Gasteiger partial charge in [0.05, 0.1) is 20.3 Å². The largest absolute Gasteiger partial charge is 0.497 e. The van der Waals surface area contributed by atoms with Crippen LogP contribution in [0.15, 0.2) is 42.5 Å². The highest BCUT2D eigenvalue weighted by Gasteiger charge is 2.31. The van der Waals surface area contributed by atoms with Crippen LogP contribution in [0.5, 0.6) is 5.75 Å². The van der Waals surface area contributed by atoms with Crippen LogP contribution in [0.3, 0.4) is 0 Å². The molecule has 7 nitrogen and oxygen atoms in total. The third-order valence-electron chi connectivity index (χ3n) is 5.73. The van der Waals surface area contributed by atoms with Crippen molar-refractivity contribution in [1.29, 1.82) is 0 Å². The summed E-state index contributed by atoms with van der Waals surface area (Å²) in [5.74, 6) is 0.712. The van der Waals surface area contributed by atoms with Gasteiger partial charge >= 0.3 is 0 Å². The lowest BCUT2D eigenvalue weighted by molar-refractivity contribution is 0.0356. The van der Waals surface area contributed by atoms with Crippen molar-refractivity contribution in [3.63, 3.8) is 0 Å². The maximum Gasteiger partial charge on any atom is 0.274 e. The van der Waals surface area contributed by atoms with Gasteiger partial charge in [0, 0.05) is 49.9 Å². The molecule has 1 unspecified atom stereocenters. The lowest BCUT2D eigenvalue weighted by Gasteiger charge is -2.29. The van der Waals surface area contributed by atoms with E-state index in [1.165, 1.54) is 11.1 Å². The van der Waals surface area contributed by atoms with Gasteiger partial charge < -0.3 is 14.4 Å². The van der Waals surface area contributed by atoms with E-state index in [0.29, 0.717) is 11.5 Å². The zero-order valence-corrected chi connectivity index (χ0v) is 16.6. The van der Waals surface area contributed by atoms with Crippen molar-refractivity contribution < 1.29 is 19.5 Å². The van der Waals surface area contributed by atoms with E-state index in [9.17, 15) is 4.79 Å². The second-order valence-electron chi connectivity index (χ2n) is 7.55. The lowest BCUT2D eigenvalue weighted by atomic mass is 9.99. The minimum atomic E-state index is -0.492. The van der Waals surface area contributed by atoms with Crippen molar-refractivity contribution in [2.45, 2.75) is 12.5 Å². The van der Waals surface area contributed by atoms with Gasteiger partial charge in [-0.1, -0.05) is 18.2 Å². The number of hydrogen-bond donors (Lipinski definition) is 2. The molecule has 0 aromatic heterocycles. The van der Waals surface area contributed by atoms with Crippen LogP contribution in [0.25, 0.3) is 0 Å². The first-order valence-corrected chi connectivity index (χ1v) is 9.94. The van der Waals surface area contributed by atoms with E-state index in [0.717, 1.165) is 57.4 Å². The van der Waals surface area contributed by atoms with Crippen molar-refractivity contribution in [2.75, 3.05) is 51.4 Å². The summed E-state index contributed by atoms with van der Waals surface area (Å²) in [4.78, 5) is 16.7. The number of nitrogens with one attached hydrogen (secondary N) is 1. The second-order valence-corrected chi connectivity index (χ2v) is 7.55. The molecule has 1 saturated heterocycles. The van der Waals surface area contributed by atoms with E-state index in [4.69, 9.17) is 14.7 Å². The Kier molecular flexibility index (Phi) is 5.99. The van der Waals surface area contributed by atoms with Gasteiger partial charge in [-0.15, -0.1) is 0 Å². The first-order chi connectivity index (χ1) is 14.2. The molecule has 4 rings (SSSR count). The summed E-state index contributed by atoms with van der Waals surface area (Å²) >= 11 is 0. The van der Waals surface area contributed by atoms with Crippen LogP contribution < -0.4 is 15.1 Å². The number of fused-ring (bicyclic) bond motifs is 1. The molecule has 2 aromatic rings. The maximum atomic E-state index is 11.9. The zero-order chi connectivity index (χ0) is 20.2. The number of rotatable bonds is 6. The molecule has 154 valence electrons. The number of carbonyl (C=O) groups is 1. The van der Waals surface area contributed by atoms with Crippen molar-refractivity contribution in [3.8, 4) is 5.75 Å². The molecule has 1 atom stereocenters. The van der Waals surface area contributed by atoms with Gasteiger partial charge in [0.25, 0.3) is 5.91 Å². The Morgan fingerprint density at radius 2 is 1.97 bits per heavy atom. The van der Waals surface area contributed by atoms with Crippen LogP contribution in [0.1, 0.15) is 27.4 Å². The zero-order valence-electron chi connectivity index (χ0n) is 16.6. The number of nitrogens with zero attached hydrogens (tertiary/aromatic N) is 2. The van der Waals surface area contributed by atoms with E-state index < -0.39 is 5.91 Å². The SMILES string of the molecule is COc1ccc(CN2CC(CN3CCOCC3)c3ccc(C(=O)NO)cc32)cc1. The number of anilines is 1. The summed E-state index contributed by atoms with van der Waals surface area (Å²) < 4.78 is 10.7. The number of morpholine rings is 1. The number of ether oxygens (including phenoxy) is 2. The Balaban J connectivity index is 1.58. The van der Waals surface area contributed by atoms with Gasteiger partial charge in [-0.2, -0.15) is 0 Å². The predicted molar refractivity (Wildman–Crippen MR) is 110 cm³/mol. The normalized spacial score (nSPS) is 19.1. The Morgan fingerprint density at radius 1 is 1.21 bits per heavy atom. The molecule has 1 fully saturated rings. The number of hydroxylamine groups is 1. The average Bonchev–Trinajstić information content (AvgIpc) is 3.10. The Hall–Kier alpha value is -2.61. The smallest absolute Gasteiger partial charge is 0.274 e. The molecule has 0 aliphatic carbocycles. The van der Waals surface area contributed by atoms with Crippen LogP contribution in [0, 0.1) is 0 Å². The Morgan fingerprint density at radius 3 is 2.66 bits per heavy atom.